The van der Waals surface area contributed by atoms with E-state index in [4.69, 9.17) is 10.3 Å². The molecule has 1 aromatic heterocycles. The van der Waals surface area contributed by atoms with Crippen molar-refractivity contribution < 1.29 is 4.52 Å². The topological polar surface area (TPSA) is 52.0 Å². The molecule has 3 heteroatoms. The maximum absolute atomic E-state index is 5.85. The van der Waals surface area contributed by atoms with E-state index in [-0.39, 0.29) is 0 Å². The van der Waals surface area contributed by atoms with Gasteiger partial charge in [-0.2, -0.15) is 0 Å². The van der Waals surface area contributed by atoms with Gasteiger partial charge in [-0.3, -0.25) is 0 Å². The second kappa shape index (κ2) is 3.62. The Kier molecular flexibility index (Phi) is 2.21. The van der Waals surface area contributed by atoms with Crippen LogP contribution in [-0.4, -0.2) is 5.16 Å². The Morgan fingerprint density at radius 1 is 1.35 bits per heavy atom. The van der Waals surface area contributed by atoms with E-state index in [1.165, 1.54) is 11.1 Å². The van der Waals surface area contributed by atoms with Crippen molar-refractivity contribution in [1.82, 2.24) is 5.16 Å². The van der Waals surface area contributed by atoms with Gasteiger partial charge in [-0.25, -0.2) is 0 Å². The Labute approximate surface area is 101 Å². The van der Waals surface area contributed by atoms with Gasteiger partial charge in [0.15, 0.2) is 0 Å². The van der Waals surface area contributed by atoms with Crippen molar-refractivity contribution >= 4 is 5.88 Å². The van der Waals surface area contributed by atoms with Crippen LogP contribution in [0.25, 0.3) is 0 Å². The third-order valence-electron chi connectivity index (χ3n) is 3.55. The van der Waals surface area contributed by atoms with Gasteiger partial charge in [0.05, 0.1) is 5.69 Å². The van der Waals surface area contributed by atoms with Gasteiger partial charge >= 0.3 is 0 Å². The standard InChI is InChI=1S/C14H16N2O/c1-8(2)12-13(16-17-14(12)15)11-7-9-5-3-4-6-10(9)11/h3-6,8,11H,7,15H2,1-2H3. The highest BCUT2D eigenvalue weighted by molar-refractivity contribution is 5.51. The van der Waals surface area contributed by atoms with Crippen molar-refractivity contribution in [3.05, 3.63) is 46.6 Å². The lowest BCUT2D eigenvalue weighted by atomic mass is 9.74. The zero-order chi connectivity index (χ0) is 12.0. The number of aromatic nitrogens is 1. The molecule has 1 aromatic carbocycles. The van der Waals surface area contributed by atoms with Crippen LogP contribution >= 0.6 is 0 Å². The van der Waals surface area contributed by atoms with Crippen LogP contribution in [0.15, 0.2) is 28.8 Å². The van der Waals surface area contributed by atoms with E-state index in [1.54, 1.807) is 0 Å². The molecule has 1 aliphatic rings. The number of nitrogens with two attached hydrogens (primary N) is 1. The van der Waals surface area contributed by atoms with Crippen molar-refractivity contribution in [2.45, 2.75) is 32.1 Å². The summed E-state index contributed by atoms with van der Waals surface area (Å²) in [6.45, 7) is 4.24. The lowest BCUT2D eigenvalue weighted by Crippen LogP contribution is -2.19. The Bertz CT molecular complexity index is 557. The van der Waals surface area contributed by atoms with Crippen LogP contribution in [0, 0.1) is 0 Å². The minimum atomic E-state index is 0.351. The first kappa shape index (κ1) is 10.4. The summed E-state index contributed by atoms with van der Waals surface area (Å²) in [6.07, 6.45) is 1.04. The van der Waals surface area contributed by atoms with Gasteiger partial charge in [-0.1, -0.05) is 43.3 Å². The van der Waals surface area contributed by atoms with Gasteiger partial charge in [-0.15, -0.1) is 0 Å². The zero-order valence-corrected chi connectivity index (χ0v) is 10.1. The summed E-state index contributed by atoms with van der Waals surface area (Å²) in [5.74, 6) is 1.19. The van der Waals surface area contributed by atoms with E-state index in [0.29, 0.717) is 17.7 Å². The maximum Gasteiger partial charge on any atom is 0.225 e. The summed E-state index contributed by atoms with van der Waals surface area (Å²) in [7, 11) is 0. The number of anilines is 1. The second-order valence-electron chi connectivity index (χ2n) is 4.96. The summed E-state index contributed by atoms with van der Waals surface area (Å²) in [4.78, 5) is 0. The Morgan fingerprint density at radius 3 is 2.82 bits per heavy atom. The highest BCUT2D eigenvalue weighted by Gasteiger charge is 2.33. The van der Waals surface area contributed by atoms with Gasteiger partial charge in [-0.05, 0) is 23.5 Å². The van der Waals surface area contributed by atoms with E-state index in [0.717, 1.165) is 17.7 Å². The zero-order valence-electron chi connectivity index (χ0n) is 10.1. The molecule has 3 rings (SSSR count). The van der Waals surface area contributed by atoms with E-state index in [1.807, 2.05) is 0 Å². The average molecular weight is 228 g/mol. The van der Waals surface area contributed by atoms with Crippen molar-refractivity contribution in [1.29, 1.82) is 0 Å². The molecule has 1 atom stereocenters. The van der Waals surface area contributed by atoms with E-state index >= 15 is 0 Å². The quantitative estimate of drug-likeness (QED) is 0.859. The minimum Gasteiger partial charge on any atom is -0.367 e. The molecule has 17 heavy (non-hydrogen) atoms. The van der Waals surface area contributed by atoms with Crippen LogP contribution in [0.1, 0.15) is 48.1 Å². The molecule has 2 aromatic rings. The van der Waals surface area contributed by atoms with Crippen LogP contribution in [0.5, 0.6) is 0 Å². The molecule has 0 amide bonds. The molecule has 1 unspecified atom stereocenters. The first-order valence-electron chi connectivity index (χ1n) is 6.01. The number of hydrogen-bond acceptors (Lipinski definition) is 3. The SMILES string of the molecule is CC(C)c1c(C2Cc3ccccc32)noc1N. The Hall–Kier alpha value is -1.77. The van der Waals surface area contributed by atoms with Crippen molar-refractivity contribution in [3.8, 4) is 0 Å². The molecular weight excluding hydrogens is 212 g/mol. The minimum absolute atomic E-state index is 0.351. The van der Waals surface area contributed by atoms with Gasteiger partial charge < -0.3 is 10.3 Å². The summed E-state index contributed by atoms with van der Waals surface area (Å²) in [5.41, 5.74) is 10.7. The van der Waals surface area contributed by atoms with Crippen LogP contribution in [-0.2, 0) is 6.42 Å². The van der Waals surface area contributed by atoms with Crippen LogP contribution in [0.3, 0.4) is 0 Å². The molecular formula is C14H16N2O. The first-order valence-corrected chi connectivity index (χ1v) is 6.01. The van der Waals surface area contributed by atoms with Crippen LogP contribution in [0.4, 0.5) is 5.88 Å². The fourth-order valence-electron chi connectivity index (χ4n) is 2.66. The second-order valence-corrected chi connectivity index (χ2v) is 4.96. The molecule has 1 heterocycles. The van der Waals surface area contributed by atoms with E-state index < -0.39 is 0 Å². The van der Waals surface area contributed by atoms with Crippen molar-refractivity contribution in [3.63, 3.8) is 0 Å². The highest BCUT2D eigenvalue weighted by atomic mass is 16.5. The summed E-state index contributed by atoms with van der Waals surface area (Å²) < 4.78 is 5.16. The molecule has 2 N–H and O–H groups in total. The molecule has 0 spiro atoms. The normalized spacial score (nSPS) is 17.9. The van der Waals surface area contributed by atoms with E-state index in [9.17, 15) is 0 Å². The average Bonchev–Trinajstić information content (AvgIpc) is 2.62. The van der Waals surface area contributed by atoms with Gasteiger partial charge in [0.1, 0.15) is 0 Å². The summed E-state index contributed by atoms with van der Waals surface area (Å²) in [5, 5.41) is 4.16. The Morgan fingerprint density at radius 2 is 2.12 bits per heavy atom. The predicted octanol–water partition coefficient (Wildman–Crippen LogP) is 3.07. The van der Waals surface area contributed by atoms with Gasteiger partial charge in [0.25, 0.3) is 0 Å². The fraction of sp³-hybridized carbons (Fsp3) is 0.357. The summed E-state index contributed by atoms with van der Waals surface area (Å²) >= 11 is 0. The molecule has 88 valence electrons. The largest absolute Gasteiger partial charge is 0.367 e. The van der Waals surface area contributed by atoms with Crippen molar-refractivity contribution in [2.24, 2.45) is 0 Å². The van der Waals surface area contributed by atoms with Gasteiger partial charge in [0, 0.05) is 11.5 Å². The highest BCUT2D eigenvalue weighted by Crippen LogP contribution is 2.43. The van der Waals surface area contributed by atoms with Crippen molar-refractivity contribution in [2.75, 3.05) is 5.73 Å². The van der Waals surface area contributed by atoms with Crippen LogP contribution in [0.2, 0.25) is 0 Å². The number of hydrogen-bond donors (Lipinski definition) is 1. The number of benzene rings is 1. The first-order chi connectivity index (χ1) is 8.18. The lowest BCUT2D eigenvalue weighted by molar-refractivity contribution is 0.420. The van der Waals surface area contributed by atoms with Gasteiger partial charge in [0.2, 0.25) is 5.88 Å². The van der Waals surface area contributed by atoms with Crippen LogP contribution < -0.4 is 5.73 Å². The number of fused-ring (bicyclic) bond motifs is 1. The Balaban J connectivity index is 2.03. The third kappa shape index (κ3) is 1.46. The molecule has 0 saturated heterocycles. The molecule has 1 aliphatic carbocycles. The lowest BCUT2D eigenvalue weighted by Gasteiger charge is -2.29. The molecule has 0 fully saturated rings. The molecule has 0 radical (unpaired) electrons. The molecule has 0 bridgehead atoms. The smallest absolute Gasteiger partial charge is 0.225 e. The predicted molar refractivity (Wildman–Crippen MR) is 67.0 cm³/mol. The molecule has 0 saturated carbocycles. The third-order valence-corrected chi connectivity index (χ3v) is 3.55. The van der Waals surface area contributed by atoms with E-state index in [2.05, 4.69) is 43.3 Å². The summed E-state index contributed by atoms with van der Waals surface area (Å²) in [6, 6.07) is 8.49. The molecule has 3 nitrogen and oxygen atoms in total. The fourth-order valence-corrected chi connectivity index (χ4v) is 2.66. The number of rotatable bonds is 2. The number of nitrogens with zero attached hydrogens (tertiary/aromatic N) is 1. The number of nitrogen functional groups attached to an aromatic ring is 1. The monoisotopic (exact) mass is 228 g/mol. The maximum atomic E-state index is 5.85. The molecule has 0 aliphatic heterocycles.